The number of carbonyl (C=O) groups is 1. The fraction of sp³-hybridized carbons (Fsp3) is 0.407. The van der Waals surface area contributed by atoms with E-state index < -0.39 is 6.36 Å². The van der Waals surface area contributed by atoms with Crippen molar-refractivity contribution in [1.29, 1.82) is 0 Å². The molecular formula is C27H28F3N3O4. The summed E-state index contributed by atoms with van der Waals surface area (Å²) in [7, 11) is 0. The number of alkyl halides is 3. The van der Waals surface area contributed by atoms with Crippen LogP contribution >= 0.6 is 0 Å². The zero-order chi connectivity index (χ0) is 26.0. The molecule has 2 unspecified atom stereocenters. The molecule has 1 aromatic heterocycles. The summed E-state index contributed by atoms with van der Waals surface area (Å²) in [5, 5.41) is 0. The van der Waals surface area contributed by atoms with Crippen molar-refractivity contribution in [2.75, 3.05) is 39.4 Å². The quantitative estimate of drug-likeness (QED) is 0.454. The van der Waals surface area contributed by atoms with Gasteiger partial charge in [-0.15, -0.1) is 13.2 Å². The standard InChI is InChI=1S/C27H28F3N3O4/c1-18-2-4-20(5-3-18)24-17-36-25(31-24)22-14-21(19-6-8-23(9-7-19)37-27(28,29)30)15-33(16-22)26(34)32-10-12-35-13-11-32/h2-9,17,21-22H,10-16H2,1H3. The summed E-state index contributed by atoms with van der Waals surface area (Å²) in [6.07, 6.45) is -2.49. The molecule has 2 amide bonds. The van der Waals surface area contributed by atoms with Gasteiger partial charge in [-0.1, -0.05) is 42.0 Å². The molecule has 7 nitrogen and oxygen atoms in total. The summed E-state index contributed by atoms with van der Waals surface area (Å²) < 4.78 is 53.1. The highest BCUT2D eigenvalue weighted by Gasteiger charge is 2.36. The zero-order valence-corrected chi connectivity index (χ0v) is 20.4. The Labute approximate surface area is 212 Å². The van der Waals surface area contributed by atoms with Gasteiger partial charge in [0.15, 0.2) is 5.89 Å². The molecule has 37 heavy (non-hydrogen) atoms. The Bertz CT molecular complexity index is 1200. The molecule has 0 saturated carbocycles. The summed E-state index contributed by atoms with van der Waals surface area (Å²) in [6.45, 7) is 4.92. The second kappa shape index (κ2) is 10.5. The van der Waals surface area contributed by atoms with Gasteiger partial charge in [-0.25, -0.2) is 9.78 Å². The van der Waals surface area contributed by atoms with Crippen LogP contribution in [0.4, 0.5) is 18.0 Å². The van der Waals surface area contributed by atoms with Gasteiger partial charge in [-0.3, -0.25) is 0 Å². The van der Waals surface area contributed by atoms with Crippen LogP contribution < -0.4 is 4.74 Å². The number of halogens is 3. The van der Waals surface area contributed by atoms with Gasteiger partial charge in [-0.05, 0) is 31.0 Å². The first-order chi connectivity index (χ1) is 17.7. The van der Waals surface area contributed by atoms with Crippen LogP contribution in [0.15, 0.2) is 59.2 Å². The third-order valence-electron chi connectivity index (χ3n) is 6.81. The average Bonchev–Trinajstić information content (AvgIpc) is 3.39. The van der Waals surface area contributed by atoms with Crippen molar-refractivity contribution in [3.63, 3.8) is 0 Å². The number of amides is 2. The number of carbonyl (C=O) groups excluding carboxylic acids is 1. The Hall–Kier alpha value is -3.53. The summed E-state index contributed by atoms with van der Waals surface area (Å²) in [5.74, 6) is -0.0233. The van der Waals surface area contributed by atoms with Crippen LogP contribution in [0.1, 0.15) is 35.3 Å². The maximum atomic E-state index is 13.4. The molecule has 196 valence electrons. The summed E-state index contributed by atoms with van der Waals surface area (Å²) in [6, 6.07) is 13.8. The van der Waals surface area contributed by atoms with E-state index in [-0.39, 0.29) is 23.6 Å². The molecule has 2 atom stereocenters. The highest BCUT2D eigenvalue weighted by atomic mass is 19.4. The number of aromatic nitrogens is 1. The normalized spacial score (nSPS) is 20.6. The van der Waals surface area contributed by atoms with Gasteiger partial charge in [0.2, 0.25) is 0 Å². The summed E-state index contributed by atoms with van der Waals surface area (Å²) >= 11 is 0. The Morgan fingerprint density at radius 1 is 0.973 bits per heavy atom. The molecule has 2 saturated heterocycles. The van der Waals surface area contributed by atoms with E-state index in [2.05, 4.69) is 4.74 Å². The fourth-order valence-electron chi connectivity index (χ4n) is 4.90. The smallest absolute Gasteiger partial charge is 0.448 e. The van der Waals surface area contributed by atoms with E-state index in [0.717, 1.165) is 22.4 Å². The molecule has 10 heteroatoms. The lowest BCUT2D eigenvalue weighted by Gasteiger charge is -2.40. The zero-order valence-electron chi connectivity index (χ0n) is 20.4. The number of piperidine rings is 1. The second-order valence-corrected chi connectivity index (χ2v) is 9.47. The first kappa shape index (κ1) is 25.1. The molecule has 2 aliphatic heterocycles. The Morgan fingerprint density at radius 2 is 1.65 bits per heavy atom. The van der Waals surface area contributed by atoms with Gasteiger partial charge < -0.3 is 23.7 Å². The fourth-order valence-corrected chi connectivity index (χ4v) is 4.90. The second-order valence-electron chi connectivity index (χ2n) is 9.47. The van der Waals surface area contributed by atoms with Gasteiger partial charge in [0, 0.05) is 37.7 Å². The minimum atomic E-state index is -4.75. The highest BCUT2D eigenvalue weighted by molar-refractivity contribution is 5.75. The molecule has 2 aromatic carbocycles. The summed E-state index contributed by atoms with van der Waals surface area (Å²) in [5.41, 5.74) is 3.63. The summed E-state index contributed by atoms with van der Waals surface area (Å²) in [4.78, 5) is 21.7. The number of hydrogen-bond donors (Lipinski definition) is 0. The number of hydrogen-bond acceptors (Lipinski definition) is 5. The van der Waals surface area contributed by atoms with Crippen molar-refractivity contribution >= 4 is 6.03 Å². The van der Waals surface area contributed by atoms with E-state index >= 15 is 0 Å². The first-order valence-corrected chi connectivity index (χ1v) is 12.2. The van der Waals surface area contributed by atoms with Crippen molar-refractivity contribution in [1.82, 2.24) is 14.8 Å². The molecule has 2 fully saturated rings. The maximum Gasteiger partial charge on any atom is 0.573 e. The van der Waals surface area contributed by atoms with E-state index in [0.29, 0.717) is 51.7 Å². The maximum absolute atomic E-state index is 13.4. The van der Waals surface area contributed by atoms with E-state index in [9.17, 15) is 18.0 Å². The number of nitrogens with zero attached hydrogens (tertiary/aromatic N) is 3. The van der Waals surface area contributed by atoms with Gasteiger partial charge in [-0.2, -0.15) is 0 Å². The van der Waals surface area contributed by atoms with Crippen LogP contribution in [0, 0.1) is 6.92 Å². The topological polar surface area (TPSA) is 68.0 Å². The van der Waals surface area contributed by atoms with Crippen molar-refractivity contribution in [3.8, 4) is 17.0 Å². The van der Waals surface area contributed by atoms with Gasteiger partial charge in [0.05, 0.1) is 19.1 Å². The number of oxazole rings is 1. The Kier molecular flexibility index (Phi) is 7.10. The SMILES string of the molecule is Cc1ccc(-c2coc(C3CC(c4ccc(OC(F)(F)F)cc4)CN(C(=O)N4CCOCC4)C3)n2)cc1. The average molecular weight is 516 g/mol. The largest absolute Gasteiger partial charge is 0.573 e. The van der Waals surface area contributed by atoms with Crippen molar-refractivity contribution < 1.29 is 31.9 Å². The highest BCUT2D eigenvalue weighted by Crippen LogP contribution is 2.37. The molecule has 2 aliphatic rings. The number of urea groups is 1. The van der Waals surface area contributed by atoms with Crippen LogP contribution in [-0.4, -0.2) is 66.6 Å². The minimum absolute atomic E-state index is 0.0830. The number of aryl methyl sites for hydroxylation is 1. The number of morpholine rings is 1. The third-order valence-corrected chi connectivity index (χ3v) is 6.81. The Morgan fingerprint density at radius 3 is 2.32 bits per heavy atom. The third kappa shape index (κ3) is 6.07. The van der Waals surface area contributed by atoms with Gasteiger partial charge in [0.1, 0.15) is 17.7 Å². The molecule has 0 radical (unpaired) electrons. The monoisotopic (exact) mass is 515 g/mol. The molecule has 0 bridgehead atoms. The number of benzene rings is 2. The van der Waals surface area contributed by atoms with Gasteiger partial charge >= 0.3 is 12.4 Å². The molecule has 3 aromatic rings. The van der Waals surface area contributed by atoms with Crippen LogP contribution in [0.2, 0.25) is 0 Å². The number of rotatable bonds is 4. The first-order valence-electron chi connectivity index (χ1n) is 12.2. The Balaban J connectivity index is 1.39. The van der Waals surface area contributed by atoms with E-state index in [1.54, 1.807) is 28.2 Å². The molecule has 0 spiro atoms. The number of likely N-dealkylation sites (tertiary alicyclic amines) is 1. The van der Waals surface area contributed by atoms with Crippen molar-refractivity contribution in [2.45, 2.75) is 31.5 Å². The van der Waals surface area contributed by atoms with E-state index in [1.165, 1.54) is 12.1 Å². The van der Waals surface area contributed by atoms with Crippen LogP contribution in [0.25, 0.3) is 11.3 Å². The number of ether oxygens (including phenoxy) is 2. The lowest BCUT2D eigenvalue weighted by Crippen LogP contribution is -2.52. The minimum Gasteiger partial charge on any atom is -0.448 e. The van der Waals surface area contributed by atoms with E-state index in [1.807, 2.05) is 31.2 Å². The lowest BCUT2D eigenvalue weighted by molar-refractivity contribution is -0.274. The van der Waals surface area contributed by atoms with E-state index in [4.69, 9.17) is 14.1 Å². The predicted molar refractivity (Wildman–Crippen MR) is 129 cm³/mol. The molecule has 3 heterocycles. The van der Waals surface area contributed by atoms with Gasteiger partial charge in [0.25, 0.3) is 0 Å². The van der Waals surface area contributed by atoms with Crippen LogP contribution in [-0.2, 0) is 4.74 Å². The molecule has 0 aliphatic carbocycles. The molecule has 5 rings (SSSR count). The van der Waals surface area contributed by atoms with Crippen molar-refractivity contribution in [3.05, 3.63) is 71.8 Å². The molecule has 0 N–H and O–H groups in total. The predicted octanol–water partition coefficient (Wildman–Crippen LogP) is 5.57. The molecular weight excluding hydrogens is 487 g/mol. The van der Waals surface area contributed by atoms with Crippen LogP contribution in [0.3, 0.4) is 0 Å². The lowest BCUT2D eigenvalue weighted by atomic mass is 9.84. The van der Waals surface area contributed by atoms with Crippen LogP contribution in [0.5, 0.6) is 5.75 Å². The van der Waals surface area contributed by atoms with Crippen molar-refractivity contribution in [2.24, 2.45) is 0 Å².